The fourth-order valence-corrected chi connectivity index (χ4v) is 2.38. The predicted molar refractivity (Wildman–Crippen MR) is 69.1 cm³/mol. The Hall–Kier alpha value is -0.770. The Balaban J connectivity index is 2.60. The van der Waals surface area contributed by atoms with Crippen molar-refractivity contribution in [2.75, 3.05) is 14.1 Å². The first-order valence-corrected chi connectivity index (χ1v) is 6.48. The van der Waals surface area contributed by atoms with Gasteiger partial charge in [-0.15, -0.1) is 0 Å². The van der Waals surface area contributed by atoms with Crippen LogP contribution in [0.25, 0.3) is 0 Å². The predicted octanol–water partition coefficient (Wildman–Crippen LogP) is 2.38. The van der Waals surface area contributed by atoms with E-state index in [1.165, 1.54) is 12.8 Å². The van der Waals surface area contributed by atoms with E-state index in [1.807, 2.05) is 34.9 Å². The first-order valence-electron chi connectivity index (χ1n) is 6.48. The van der Waals surface area contributed by atoms with Crippen molar-refractivity contribution in [3.8, 4) is 0 Å². The van der Waals surface area contributed by atoms with Crippen LogP contribution in [0.3, 0.4) is 0 Å². The quantitative estimate of drug-likeness (QED) is 0.808. The van der Waals surface area contributed by atoms with Crippen LogP contribution in [0.2, 0.25) is 0 Å². The van der Waals surface area contributed by atoms with Crippen molar-refractivity contribution < 1.29 is 9.53 Å². The Morgan fingerprint density at radius 2 is 1.88 bits per heavy atom. The van der Waals surface area contributed by atoms with Crippen molar-refractivity contribution in [2.45, 2.75) is 64.1 Å². The van der Waals surface area contributed by atoms with Gasteiger partial charge in [0.2, 0.25) is 0 Å². The topological polar surface area (TPSA) is 41.6 Å². The van der Waals surface area contributed by atoms with Gasteiger partial charge in [-0.25, -0.2) is 4.79 Å². The third kappa shape index (κ3) is 4.19. The number of hydrogen-bond donors (Lipinski definition) is 1. The zero-order valence-electron chi connectivity index (χ0n) is 11.7. The highest BCUT2D eigenvalue weighted by Gasteiger charge is 2.31. The SMILES string of the molecule is CN[C@H]1CCCC[C@@H]1N(C)C(=O)OC(C)(C)C. The number of hydrogen-bond acceptors (Lipinski definition) is 3. The molecule has 1 aliphatic carbocycles. The molecule has 1 aliphatic rings. The largest absolute Gasteiger partial charge is 0.444 e. The van der Waals surface area contributed by atoms with Gasteiger partial charge in [0, 0.05) is 19.1 Å². The molecule has 0 aromatic rings. The Labute approximate surface area is 105 Å². The molecule has 0 spiro atoms. The molecule has 0 heterocycles. The minimum absolute atomic E-state index is 0.218. The molecule has 0 radical (unpaired) electrons. The summed E-state index contributed by atoms with van der Waals surface area (Å²) in [6.45, 7) is 5.69. The lowest BCUT2D eigenvalue weighted by molar-refractivity contribution is 0.0152. The monoisotopic (exact) mass is 242 g/mol. The van der Waals surface area contributed by atoms with Crippen molar-refractivity contribution in [3.63, 3.8) is 0 Å². The molecule has 4 heteroatoms. The zero-order valence-corrected chi connectivity index (χ0v) is 11.7. The average molecular weight is 242 g/mol. The molecule has 0 unspecified atom stereocenters. The van der Waals surface area contributed by atoms with E-state index in [1.54, 1.807) is 4.90 Å². The summed E-state index contributed by atoms with van der Waals surface area (Å²) in [6.07, 6.45) is 4.40. The van der Waals surface area contributed by atoms with Crippen LogP contribution < -0.4 is 5.32 Å². The number of ether oxygens (including phenoxy) is 1. The molecular formula is C13H26N2O2. The minimum Gasteiger partial charge on any atom is -0.444 e. The fourth-order valence-electron chi connectivity index (χ4n) is 2.38. The van der Waals surface area contributed by atoms with Gasteiger partial charge in [0.1, 0.15) is 5.60 Å². The van der Waals surface area contributed by atoms with Crippen LogP contribution in [0.4, 0.5) is 4.79 Å². The number of rotatable bonds is 2. The van der Waals surface area contributed by atoms with Crippen LogP contribution in [0, 0.1) is 0 Å². The summed E-state index contributed by atoms with van der Waals surface area (Å²) in [6, 6.07) is 0.643. The molecular weight excluding hydrogens is 216 g/mol. The number of carbonyl (C=O) groups is 1. The summed E-state index contributed by atoms with van der Waals surface area (Å²) >= 11 is 0. The molecule has 0 saturated heterocycles. The number of likely N-dealkylation sites (N-methyl/N-ethyl adjacent to an activating group) is 2. The summed E-state index contributed by atoms with van der Waals surface area (Å²) in [4.78, 5) is 13.8. The highest BCUT2D eigenvalue weighted by Crippen LogP contribution is 2.23. The fraction of sp³-hybridized carbons (Fsp3) is 0.923. The molecule has 4 nitrogen and oxygen atoms in total. The molecule has 0 aromatic heterocycles. The third-order valence-electron chi connectivity index (χ3n) is 3.28. The first kappa shape index (κ1) is 14.3. The van der Waals surface area contributed by atoms with Crippen LogP contribution in [0.15, 0.2) is 0 Å². The number of carbonyl (C=O) groups excluding carboxylic acids is 1. The van der Waals surface area contributed by atoms with Gasteiger partial charge in [-0.05, 0) is 40.7 Å². The summed E-state index contributed by atoms with van der Waals surface area (Å²) in [5.74, 6) is 0. The van der Waals surface area contributed by atoms with Crippen molar-refractivity contribution >= 4 is 6.09 Å². The van der Waals surface area contributed by atoms with E-state index >= 15 is 0 Å². The lowest BCUT2D eigenvalue weighted by Gasteiger charge is -2.38. The van der Waals surface area contributed by atoms with Gasteiger partial charge in [0.25, 0.3) is 0 Å². The Bertz CT molecular complexity index is 261. The van der Waals surface area contributed by atoms with Crippen molar-refractivity contribution in [2.24, 2.45) is 0 Å². The summed E-state index contributed by atoms with van der Waals surface area (Å²) in [7, 11) is 3.81. The lowest BCUT2D eigenvalue weighted by atomic mass is 9.89. The Kier molecular flexibility index (Phi) is 4.80. The molecule has 1 fully saturated rings. The summed E-state index contributed by atoms with van der Waals surface area (Å²) in [5, 5.41) is 3.30. The van der Waals surface area contributed by atoms with Crippen LogP contribution in [-0.4, -0.2) is 42.8 Å². The van der Waals surface area contributed by atoms with E-state index < -0.39 is 5.60 Å². The van der Waals surface area contributed by atoms with Crippen LogP contribution in [0.5, 0.6) is 0 Å². The van der Waals surface area contributed by atoms with Crippen molar-refractivity contribution in [3.05, 3.63) is 0 Å². The molecule has 17 heavy (non-hydrogen) atoms. The molecule has 0 aromatic carbocycles. The number of nitrogens with zero attached hydrogens (tertiary/aromatic N) is 1. The van der Waals surface area contributed by atoms with Gasteiger partial charge in [-0.3, -0.25) is 0 Å². The first-order chi connectivity index (χ1) is 7.85. The van der Waals surface area contributed by atoms with E-state index in [2.05, 4.69) is 5.32 Å². The minimum atomic E-state index is -0.421. The molecule has 0 bridgehead atoms. The smallest absolute Gasteiger partial charge is 0.410 e. The normalized spacial score (nSPS) is 25.5. The molecule has 2 atom stereocenters. The van der Waals surface area contributed by atoms with E-state index in [0.29, 0.717) is 6.04 Å². The lowest BCUT2D eigenvalue weighted by Crippen LogP contribution is -2.52. The molecule has 100 valence electrons. The maximum absolute atomic E-state index is 12.0. The second-order valence-electron chi connectivity index (χ2n) is 5.84. The van der Waals surface area contributed by atoms with Gasteiger partial charge >= 0.3 is 6.09 Å². The van der Waals surface area contributed by atoms with Crippen LogP contribution in [-0.2, 0) is 4.74 Å². The molecule has 1 rings (SSSR count). The van der Waals surface area contributed by atoms with Gasteiger partial charge in [-0.2, -0.15) is 0 Å². The van der Waals surface area contributed by atoms with Gasteiger partial charge in [0.05, 0.1) is 0 Å². The number of nitrogens with one attached hydrogen (secondary N) is 1. The highest BCUT2D eigenvalue weighted by molar-refractivity contribution is 5.68. The molecule has 1 amide bonds. The van der Waals surface area contributed by atoms with E-state index in [9.17, 15) is 4.79 Å². The van der Waals surface area contributed by atoms with Crippen LogP contribution in [0.1, 0.15) is 46.5 Å². The van der Waals surface area contributed by atoms with Crippen LogP contribution >= 0.6 is 0 Å². The molecule has 1 N–H and O–H groups in total. The third-order valence-corrected chi connectivity index (χ3v) is 3.28. The average Bonchev–Trinajstić information content (AvgIpc) is 2.25. The second-order valence-corrected chi connectivity index (χ2v) is 5.84. The second kappa shape index (κ2) is 5.71. The Morgan fingerprint density at radius 3 is 2.41 bits per heavy atom. The van der Waals surface area contributed by atoms with Crippen molar-refractivity contribution in [1.29, 1.82) is 0 Å². The van der Waals surface area contributed by atoms with E-state index in [-0.39, 0.29) is 12.1 Å². The molecule has 1 saturated carbocycles. The standard InChI is InChI=1S/C13H26N2O2/c1-13(2,3)17-12(16)15(5)11-9-7-6-8-10(11)14-4/h10-11,14H,6-9H2,1-5H3/t10-,11-/m0/s1. The number of amides is 1. The van der Waals surface area contributed by atoms with Gasteiger partial charge in [0.15, 0.2) is 0 Å². The van der Waals surface area contributed by atoms with Gasteiger partial charge in [-0.1, -0.05) is 12.8 Å². The maximum Gasteiger partial charge on any atom is 0.410 e. The van der Waals surface area contributed by atoms with E-state index in [0.717, 1.165) is 12.8 Å². The summed E-state index contributed by atoms with van der Waals surface area (Å²) < 4.78 is 5.40. The maximum atomic E-state index is 12.0. The Morgan fingerprint density at radius 1 is 1.29 bits per heavy atom. The van der Waals surface area contributed by atoms with Crippen molar-refractivity contribution in [1.82, 2.24) is 10.2 Å². The molecule has 0 aliphatic heterocycles. The highest BCUT2D eigenvalue weighted by atomic mass is 16.6. The van der Waals surface area contributed by atoms with E-state index in [4.69, 9.17) is 4.74 Å². The zero-order chi connectivity index (χ0) is 13.1. The summed E-state index contributed by atoms with van der Waals surface area (Å²) in [5.41, 5.74) is -0.421. The van der Waals surface area contributed by atoms with Gasteiger partial charge < -0.3 is 15.0 Å².